The van der Waals surface area contributed by atoms with Crippen molar-refractivity contribution in [2.45, 2.75) is 37.7 Å². The van der Waals surface area contributed by atoms with Crippen LogP contribution in [-0.2, 0) is 38.7 Å². The van der Waals surface area contributed by atoms with Gasteiger partial charge in [-0.2, -0.15) is 0 Å². The first-order valence-corrected chi connectivity index (χ1v) is 15.5. The van der Waals surface area contributed by atoms with E-state index >= 15 is 4.57 Å². The van der Waals surface area contributed by atoms with E-state index in [1.165, 1.54) is 5.56 Å². The summed E-state index contributed by atoms with van der Waals surface area (Å²) in [6.45, 7) is 2.05. The topological polar surface area (TPSA) is 51.2 Å². The number of rotatable bonds is 3. The van der Waals surface area contributed by atoms with E-state index in [0.29, 0.717) is 21.5 Å². The van der Waals surface area contributed by atoms with Gasteiger partial charge in [-0.05, 0) is 60.1 Å². The summed E-state index contributed by atoms with van der Waals surface area (Å²) in [5.41, 5.74) is 4.90. The van der Waals surface area contributed by atoms with Gasteiger partial charge in [0.2, 0.25) is 0 Å². The first-order chi connectivity index (χ1) is 16.8. The quantitative estimate of drug-likeness (QED) is 0.362. The van der Waals surface area contributed by atoms with Crippen LogP contribution in [-0.4, -0.2) is 8.42 Å². The standard InChI is InChI=1S/C30H29O3PS/c1-23-19-25-16-17-26(23)10-8-9-24-15-18-27(22-35(32,33)21-25)30(20-24)34(31,28-11-4-2-5-12-28)29-13-6-3-7-14-29/h2-7,11-20H,8-10,21-22H2,1H3. The van der Waals surface area contributed by atoms with Crippen LogP contribution in [0.4, 0.5) is 0 Å². The van der Waals surface area contributed by atoms with Crippen LogP contribution in [0.5, 0.6) is 0 Å². The van der Waals surface area contributed by atoms with Crippen LogP contribution in [0, 0.1) is 6.92 Å². The zero-order chi connectivity index (χ0) is 24.5. The van der Waals surface area contributed by atoms with Crippen molar-refractivity contribution < 1.29 is 13.0 Å². The maximum atomic E-state index is 15.1. The van der Waals surface area contributed by atoms with Crippen molar-refractivity contribution in [1.82, 2.24) is 0 Å². The number of aryl methyl sites for hydroxylation is 3. The van der Waals surface area contributed by atoms with Crippen molar-refractivity contribution in [2.75, 3.05) is 0 Å². The first kappa shape index (κ1) is 23.8. The molecule has 5 heteroatoms. The zero-order valence-electron chi connectivity index (χ0n) is 19.9. The van der Waals surface area contributed by atoms with Gasteiger partial charge in [-0.15, -0.1) is 0 Å². The maximum absolute atomic E-state index is 15.1. The zero-order valence-corrected chi connectivity index (χ0v) is 21.6. The van der Waals surface area contributed by atoms with E-state index in [2.05, 4.69) is 13.0 Å². The van der Waals surface area contributed by atoms with Crippen LogP contribution in [0.25, 0.3) is 0 Å². The molecule has 178 valence electrons. The molecule has 0 unspecified atom stereocenters. The highest BCUT2D eigenvalue weighted by Crippen LogP contribution is 2.44. The molecule has 0 atom stereocenters. The van der Waals surface area contributed by atoms with E-state index in [1.807, 2.05) is 91.0 Å². The molecule has 35 heavy (non-hydrogen) atoms. The molecule has 4 aliphatic heterocycles. The third-order valence-corrected chi connectivity index (χ3v) is 11.5. The predicted molar refractivity (Wildman–Crippen MR) is 145 cm³/mol. The number of sulfone groups is 1. The van der Waals surface area contributed by atoms with E-state index in [9.17, 15) is 8.42 Å². The minimum atomic E-state index is -3.49. The second-order valence-corrected chi connectivity index (χ2v) is 14.2. The van der Waals surface area contributed by atoms with Gasteiger partial charge in [0.25, 0.3) is 0 Å². The van der Waals surface area contributed by atoms with Crippen molar-refractivity contribution >= 4 is 32.9 Å². The van der Waals surface area contributed by atoms with E-state index in [1.54, 1.807) is 0 Å². The smallest absolute Gasteiger partial charge is 0.171 e. The Morgan fingerprint density at radius 1 is 0.657 bits per heavy atom. The molecule has 4 aliphatic rings. The summed E-state index contributed by atoms with van der Waals surface area (Å²) in [5, 5.41) is 2.07. The molecule has 0 aliphatic carbocycles. The molecule has 0 amide bonds. The van der Waals surface area contributed by atoms with Gasteiger partial charge in [0.1, 0.15) is 0 Å². The van der Waals surface area contributed by atoms with Gasteiger partial charge in [-0.1, -0.05) is 91.0 Å². The molecule has 4 bridgehead atoms. The fourth-order valence-corrected chi connectivity index (χ4v) is 9.60. The Morgan fingerprint density at radius 3 is 1.89 bits per heavy atom. The number of hydrogen-bond donors (Lipinski definition) is 0. The van der Waals surface area contributed by atoms with Crippen LogP contribution in [0.15, 0.2) is 97.1 Å². The summed E-state index contributed by atoms with van der Waals surface area (Å²) in [4.78, 5) is 0. The molecule has 4 heterocycles. The van der Waals surface area contributed by atoms with Crippen molar-refractivity contribution in [2.24, 2.45) is 0 Å². The van der Waals surface area contributed by atoms with Gasteiger partial charge in [0, 0.05) is 15.9 Å². The Kier molecular flexibility index (Phi) is 6.53. The lowest BCUT2D eigenvalue weighted by Crippen LogP contribution is -2.29. The van der Waals surface area contributed by atoms with Crippen molar-refractivity contribution in [3.05, 3.63) is 125 Å². The second kappa shape index (κ2) is 9.60. The Labute approximate surface area is 208 Å². The van der Waals surface area contributed by atoms with Gasteiger partial charge in [-0.3, -0.25) is 0 Å². The van der Waals surface area contributed by atoms with E-state index in [-0.39, 0.29) is 11.5 Å². The molecular formula is C30H29O3PS. The molecule has 0 fully saturated rings. The van der Waals surface area contributed by atoms with Crippen LogP contribution < -0.4 is 15.9 Å². The van der Waals surface area contributed by atoms with Crippen molar-refractivity contribution in [3.63, 3.8) is 0 Å². The highest BCUT2D eigenvalue weighted by molar-refractivity contribution is 7.90. The third kappa shape index (κ3) is 4.91. The Bertz CT molecular complexity index is 1470. The molecule has 0 saturated heterocycles. The highest BCUT2D eigenvalue weighted by atomic mass is 32.2. The molecule has 0 spiro atoms. The van der Waals surface area contributed by atoms with E-state index in [4.69, 9.17) is 0 Å². The lowest BCUT2D eigenvalue weighted by molar-refractivity contribution is 0.592. The van der Waals surface area contributed by atoms with Crippen molar-refractivity contribution in [1.29, 1.82) is 0 Å². The number of benzene rings is 4. The largest absolute Gasteiger partial charge is 0.309 e. The maximum Gasteiger partial charge on any atom is 0.171 e. The SMILES string of the molecule is Cc1cc2ccc1CCCc1ccc(c(P(=O)(c3ccccc3)c3ccccc3)c1)CS(=O)(=O)C2. The lowest BCUT2D eigenvalue weighted by Gasteiger charge is -2.24. The summed E-state index contributed by atoms with van der Waals surface area (Å²) >= 11 is 0. The minimum Gasteiger partial charge on any atom is -0.309 e. The number of hydrogen-bond acceptors (Lipinski definition) is 3. The molecule has 0 saturated carbocycles. The average molecular weight is 501 g/mol. The highest BCUT2D eigenvalue weighted by Gasteiger charge is 2.33. The summed E-state index contributed by atoms with van der Waals surface area (Å²) in [5.74, 6) is -0.177. The van der Waals surface area contributed by atoms with E-state index < -0.39 is 17.0 Å². The molecule has 4 aromatic carbocycles. The van der Waals surface area contributed by atoms with E-state index in [0.717, 1.165) is 36.0 Å². The molecular weight excluding hydrogens is 471 g/mol. The van der Waals surface area contributed by atoms with Gasteiger partial charge < -0.3 is 4.57 Å². The van der Waals surface area contributed by atoms with Gasteiger partial charge in [0.05, 0.1) is 11.5 Å². The fraction of sp³-hybridized carbons (Fsp3) is 0.200. The van der Waals surface area contributed by atoms with Crippen molar-refractivity contribution in [3.8, 4) is 0 Å². The summed E-state index contributed by atoms with van der Waals surface area (Å²) in [6, 6.07) is 30.9. The van der Waals surface area contributed by atoms with Gasteiger partial charge >= 0.3 is 0 Å². The van der Waals surface area contributed by atoms with Gasteiger partial charge in [0.15, 0.2) is 17.0 Å². The summed E-state index contributed by atoms with van der Waals surface area (Å²) in [7, 11) is -6.78. The lowest BCUT2D eigenvalue weighted by atomic mass is 9.98. The first-order valence-electron chi connectivity index (χ1n) is 12.0. The van der Waals surface area contributed by atoms with Crippen LogP contribution >= 0.6 is 7.14 Å². The molecule has 4 aromatic rings. The molecule has 0 radical (unpaired) electrons. The second-order valence-electron chi connectivity index (χ2n) is 9.39. The Morgan fingerprint density at radius 2 is 1.26 bits per heavy atom. The summed E-state index contributed by atoms with van der Waals surface area (Å²) < 4.78 is 41.9. The summed E-state index contributed by atoms with van der Waals surface area (Å²) in [6.07, 6.45) is 2.73. The predicted octanol–water partition coefficient (Wildman–Crippen LogP) is 5.24. The molecule has 0 aromatic heterocycles. The monoisotopic (exact) mass is 500 g/mol. The van der Waals surface area contributed by atoms with Crippen LogP contribution in [0.1, 0.15) is 34.2 Å². The van der Waals surface area contributed by atoms with Crippen LogP contribution in [0.3, 0.4) is 0 Å². The Balaban J connectivity index is 1.71. The molecule has 8 rings (SSSR count). The van der Waals surface area contributed by atoms with Crippen LogP contribution in [0.2, 0.25) is 0 Å². The molecule has 0 N–H and O–H groups in total. The third-order valence-electron chi connectivity index (χ3n) is 6.81. The normalized spacial score (nSPS) is 15.6. The minimum absolute atomic E-state index is 0.0315. The fourth-order valence-electron chi connectivity index (χ4n) is 5.04. The Hall–Kier alpha value is -2.94. The van der Waals surface area contributed by atoms with Gasteiger partial charge in [-0.25, -0.2) is 8.42 Å². The molecule has 3 nitrogen and oxygen atoms in total. The average Bonchev–Trinajstić information content (AvgIpc) is 2.86.